The van der Waals surface area contributed by atoms with Gasteiger partial charge in [-0.05, 0) is 39.3 Å². The second-order valence-corrected chi connectivity index (χ2v) is 6.38. The lowest BCUT2D eigenvalue weighted by Gasteiger charge is -2.32. The van der Waals surface area contributed by atoms with E-state index in [9.17, 15) is 0 Å². The van der Waals surface area contributed by atoms with Crippen molar-refractivity contribution in [3.63, 3.8) is 0 Å². The van der Waals surface area contributed by atoms with Gasteiger partial charge in [-0.25, -0.2) is 0 Å². The van der Waals surface area contributed by atoms with Gasteiger partial charge in [0.25, 0.3) is 0 Å². The summed E-state index contributed by atoms with van der Waals surface area (Å²) in [5.74, 6) is 0. The molecular formula is C16H20BNO2. The summed E-state index contributed by atoms with van der Waals surface area (Å²) >= 11 is 0. The normalized spacial score (nSPS) is 20.5. The van der Waals surface area contributed by atoms with Gasteiger partial charge in [-0.3, -0.25) is 4.98 Å². The first-order chi connectivity index (χ1) is 9.39. The van der Waals surface area contributed by atoms with Crippen LogP contribution in [0.25, 0.3) is 10.9 Å². The molecule has 0 unspecified atom stereocenters. The summed E-state index contributed by atoms with van der Waals surface area (Å²) in [4.78, 5) is 4.48. The number of hydrogen-bond donors (Lipinski definition) is 0. The third-order valence-corrected chi connectivity index (χ3v) is 4.40. The fourth-order valence-electron chi connectivity index (χ4n) is 2.56. The van der Waals surface area contributed by atoms with Gasteiger partial charge in [0, 0.05) is 17.9 Å². The third-order valence-electron chi connectivity index (χ3n) is 4.40. The van der Waals surface area contributed by atoms with Crippen LogP contribution in [0.1, 0.15) is 33.3 Å². The molecular weight excluding hydrogens is 249 g/mol. The van der Waals surface area contributed by atoms with Gasteiger partial charge in [0.2, 0.25) is 0 Å². The Bertz CT molecular complexity index is 618. The molecule has 2 heterocycles. The molecule has 0 amide bonds. The SMILES string of the molecule is CC1(C)OB(Cc2cccc3cccnc23)OC1(C)C. The van der Waals surface area contributed by atoms with Crippen LogP contribution in [-0.4, -0.2) is 23.3 Å². The maximum Gasteiger partial charge on any atom is 0.462 e. The van der Waals surface area contributed by atoms with E-state index in [4.69, 9.17) is 9.31 Å². The van der Waals surface area contributed by atoms with Crippen LogP contribution in [0.2, 0.25) is 0 Å². The van der Waals surface area contributed by atoms with Crippen molar-refractivity contribution in [2.75, 3.05) is 0 Å². The largest absolute Gasteiger partial charge is 0.462 e. The fourth-order valence-corrected chi connectivity index (χ4v) is 2.56. The molecule has 3 rings (SSSR count). The van der Waals surface area contributed by atoms with E-state index in [1.807, 2.05) is 12.3 Å². The molecule has 1 aliphatic rings. The van der Waals surface area contributed by atoms with Crippen molar-refractivity contribution in [3.8, 4) is 0 Å². The first-order valence-electron chi connectivity index (χ1n) is 7.07. The lowest BCUT2D eigenvalue weighted by molar-refractivity contribution is 0.00578. The summed E-state index contributed by atoms with van der Waals surface area (Å²) in [7, 11) is -0.215. The molecule has 1 aromatic carbocycles. The van der Waals surface area contributed by atoms with E-state index < -0.39 is 0 Å². The Morgan fingerprint density at radius 2 is 1.65 bits per heavy atom. The first-order valence-corrected chi connectivity index (χ1v) is 7.07. The Hall–Kier alpha value is -1.39. The van der Waals surface area contributed by atoms with Crippen LogP contribution in [0, 0.1) is 0 Å². The number of pyridine rings is 1. The Balaban J connectivity index is 1.88. The second-order valence-electron chi connectivity index (χ2n) is 6.38. The van der Waals surface area contributed by atoms with E-state index in [0.29, 0.717) is 0 Å². The maximum absolute atomic E-state index is 6.07. The van der Waals surface area contributed by atoms with Crippen LogP contribution in [0.5, 0.6) is 0 Å². The zero-order valence-electron chi connectivity index (χ0n) is 12.5. The molecule has 1 fully saturated rings. The molecule has 0 radical (unpaired) electrons. The highest BCUT2D eigenvalue weighted by molar-refractivity contribution is 6.45. The van der Waals surface area contributed by atoms with Crippen LogP contribution >= 0.6 is 0 Å². The minimum atomic E-state index is -0.282. The predicted octanol–water partition coefficient (Wildman–Crippen LogP) is 3.41. The van der Waals surface area contributed by atoms with Crippen molar-refractivity contribution in [3.05, 3.63) is 42.1 Å². The molecule has 0 aliphatic carbocycles. The van der Waals surface area contributed by atoms with Crippen LogP contribution in [-0.2, 0) is 15.6 Å². The van der Waals surface area contributed by atoms with Crippen LogP contribution in [0.15, 0.2) is 36.5 Å². The number of rotatable bonds is 2. The number of fused-ring (bicyclic) bond motifs is 1. The summed E-state index contributed by atoms with van der Waals surface area (Å²) in [5.41, 5.74) is 1.64. The van der Waals surface area contributed by atoms with E-state index in [2.05, 4.69) is 56.9 Å². The van der Waals surface area contributed by atoms with Crippen molar-refractivity contribution >= 4 is 18.0 Å². The Morgan fingerprint density at radius 3 is 2.35 bits per heavy atom. The Labute approximate surface area is 120 Å². The van der Waals surface area contributed by atoms with Crippen molar-refractivity contribution in [2.24, 2.45) is 0 Å². The number of hydrogen-bond acceptors (Lipinski definition) is 3. The monoisotopic (exact) mass is 269 g/mol. The van der Waals surface area contributed by atoms with Gasteiger partial charge in [0.05, 0.1) is 16.7 Å². The van der Waals surface area contributed by atoms with Gasteiger partial charge in [-0.1, -0.05) is 24.3 Å². The van der Waals surface area contributed by atoms with Crippen molar-refractivity contribution in [2.45, 2.75) is 45.2 Å². The number of para-hydroxylation sites is 1. The van der Waals surface area contributed by atoms with E-state index in [1.54, 1.807) is 0 Å². The average molecular weight is 269 g/mol. The molecule has 4 heteroatoms. The molecule has 3 nitrogen and oxygen atoms in total. The Morgan fingerprint density at radius 1 is 1.00 bits per heavy atom. The minimum absolute atomic E-state index is 0.215. The van der Waals surface area contributed by atoms with E-state index in [0.717, 1.165) is 17.2 Å². The van der Waals surface area contributed by atoms with Crippen LogP contribution < -0.4 is 0 Å². The fraction of sp³-hybridized carbons (Fsp3) is 0.438. The highest BCUT2D eigenvalue weighted by atomic mass is 16.7. The highest BCUT2D eigenvalue weighted by Crippen LogP contribution is 2.37. The average Bonchev–Trinajstić information content (AvgIpc) is 2.58. The number of nitrogens with zero attached hydrogens (tertiary/aromatic N) is 1. The van der Waals surface area contributed by atoms with Crippen LogP contribution in [0.3, 0.4) is 0 Å². The van der Waals surface area contributed by atoms with Crippen molar-refractivity contribution in [1.29, 1.82) is 0 Å². The molecule has 2 aromatic rings. The van der Waals surface area contributed by atoms with E-state index >= 15 is 0 Å². The van der Waals surface area contributed by atoms with Gasteiger partial charge in [0.15, 0.2) is 0 Å². The van der Waals surface area contributed by atoms with Gasteiger partial charge in [-0.15, -0.1) is 0 Å². The highest BCUT2D eigenvalue weighted by Gasteiger charge is 2.50. The molecule has 20 heavy (non-hydrogen) atoms. The summed E-state index contributed by atoms with van der Waals surface area (Å²) < 4.78 is 12.1. The smallest absolute Gasteiger partial charge is 0.403 e. The molecule has 0 spiro atoms. The maximum atomic E-state index is 6.07. The van der Waals surface area contributed by atoms with Crippen LogP contribution in [0.4, 0.5) is 0 Å². The second kappa shape index (κ2) is 4.57. The molecule has 1 aromatic heterocycles. The minimum Gasteiger partial charge on any atom is -0.403 e. The van der Waals surface area contributed by atoms with Gasteiger partial charge >= 0.3 is 7.12 Å². The molecule has 0 N–H and O–H groups in total. The first kappa shape index (κ1) is 13.6. The molecule has 1 saturated heterocycles. The van der Waals surface area contributed by atoms with Gasteiger partial charge in [0.1, 0.15) is 0 Å². The lowest BCUT2D eigenvalue weighted by atomic mass is 9.80. The number of benzene rings is 1. The summed E-state index contributed by atoms with van der Waals surface area (Å²) in [6.45, 7) is 8.31. The summed E-state index contributed by atoms with van der Waals surface area (Å²) in [6.07, 6.45) is 2.55. The standard InChI is InChI=1S/C16H20BNO2/c1-15(2)16(3,4)20-17(19-15)11-13-8-5-7-12-9-6-10-18-14(12)13/h5-10H,11H2,1-4H3. The lowest BCUT2D eigenvalue weighted by Crippen LogP contribution is -2.41. The molecule has 0 atom stereocenters. The molecule has 0 saturated carbocycles. The topological polar surface area (TPSA) is 31.4 Å². The zero-order chi connectivity index (χ0) is 14.4. The molecule has 0 bridgehead atoms. The van der Waals surface area contributed by atoms with Gasteiger partial charge in [-0.2, -0.15) is 0 Å². The van der Waals surface area contributed by atoms with Crippen molar-refractivity contribution in [1.82, 2.24) is 4.98 Å². The van der Waals surface area contributed by atoms with E-state index in [1.165, 1.54) is 5.56 Å². The quantitative estimate of drug-likeness (QED) is 0.783. The summed E-state index contributed by atoms with van der Waals surface area (Å²) in [6, 6.07) is 10.3. The number of aromatic nitrogens is 1. The summed E-state index contributed by atoms with van der Waals surface area (Å²) in [5, 5.41) is 1.15. The van der Waals surface area contributed by atoms with Gasteiger partial charge < -0.3 is 9.31 Å². The molecule has 1 aliphatic heterocycles. The molecule has 104 valence electrons. The third kappa shape index (κ3) is 2.23. The Kier molecular flexibility index (Phi) is 3.11. The zero-order valence-corrected chi connectivity index (χ0v) is 12.5. The van der Waals surface area contributed by atoms with Crippen molar-refractivity contribution < 1.29 is 9.31 Å². The predicted molar refractivity (Wildman–Crippen MR) is 81.5 cm³/mol. The van der Waals surface area contributed by atoms with E-state index in [-0.39, 0.29) is 18.3 Å².